The molecule has 0 unspecified atom stereocenters. The van der Waals surface area contributed by atoms with E-state index in [1.165, 1.54) is 14.2 Å². The summed E-state index contributed by atoms with van der Waals surface area (Å²) in [4.78, 5) is 2.03. The lowest BCUT2D eigenvalue weighted by atomic mass is 9.54. The van der Waals surface area contributed by atoms with Crippen molar-refractivity contribution in [2.75, 3.05) is 27.8 Å². The molecule has 1 saturated heterocycles. The van der Waals surface area contributed by atoms with Crippen LogP contribution in [0.2, 0.25) is 0 Å². The van der Waals surface area contributed by atoms with Crippen molar-refractivity contribution >= 4 is 0 Å². The molecule has 3 aliphatic rings. The van der Waals surface area contributed by atoms with E-state index in [0.29, 0.717) is 29.8 Å². The van der Waals surface area contributed by atoms with Gasteiger partial charge in [-0.1, -0.05) is 6.07 Å². The van der Waals surface area contributed by atoms with E-state index >= 15 is 0 Å². The number of rotatable bonds is 2. The fraction of sp³-hybridized carbons (Fsp3) is 0.579. The molecule has 2 bridgehead atoms. The van der Waals surface area contributed by atoms with E-state index in [-0.39, 0.29) is 24.0 Å². The van der Waals surface area contributed by atoms with Gasteiger partial charge in [-0.2, -0.15) is 0 Å². The van der Waals surface area contributed by atoms with Crippen molar-refractivity contribution in [3.05, 3.63) is 34.6 Å². The van der Waals surface area contributed by atoms with Gasteiger partial charge in [-0.05, 0) is 38.1 Å². The molecule has 0 spiro atoms. The van der Waals surface area contributed by atoms with E-state index in [0.717, 1.165) is 5.57 Å². The Labute approximate surface area is 152 Å². The molecule has 142 valence electrons. The van der Waals surface area contributed by atoms with Gasteiger partial charge in [0, 0.05) is 16.6 Å². The number of likely N-dealkylation sites (tertiary alicyclic amines) is 1. The highest BCUT2D eigenvalue weighted by Gasteiger charge is 2.59. The predicted molar refractivity (Wildman–Crippen MR) is 93.0 cm³/mol. The summed E-state index contributed by atoms with van der Waals surface area (Å²) < 4.78 is 10.8. The maximum Gasteiger partial charge on any atom is 0.162 e. The summed E-state index contributed by atoms with van der Waals surface area (Å²) in [7, 11) is 4.86. The molecule has 0 amide bonds. The summed E-state index contributed by atoms with van der Waals surface area (Å²) in [6.45, 7) is 0.682. The fourth-order valence-electron chi connectivity index (χ4n) is 5.20. The summed E-state index contributed by atoms with van der Waals surface area (Å²) in [5, 5.41) is 43.1. The second-order valence-corrected chi connectivity index (χ2v) is 7.48. The minimum atomic E-state index is -1.15. The van der Waals surface area contributed by atoms with E-state index in [1.807, 2.05) is 11.9 Å². The lowest BCUT2D eigenvalue weighted by Crippen LogP contribution is -2.60. The van der Waals surface area contributed by atoms with Crippen LogP contribution >= 0.6 is 0 Å². The number of fused-ring (bicyclic) bond motifs is 1. The maximum absolute atomic E-state index is 11.1. The van der Waals surface area contributed by atoms with E-state index in [9.17, 15) is 20.4 Å². The largest absolute Gasteiger partial charge is 0.504 e. The zero-order valence-corrected chi connectivity index (χ0v) is 15.1. The Bertz CT molecular complexity index is 778. The Hall–Kier alpha value is -1.80. The number of ether oxygens (including phenoxy) is 2. The van der Waals surface area contributed by atoms with Gasteiger partial charge in [0.15, 0.2) is 11.5 Å². The predicted octanol–water partition coefficient (Wildman–Crippen LogP) is 0.416. The number of likely N-dealkylation sites (N-methyl/N-ethyl adjacent to an activating group) is 1. The number of aliphatic hydroxyl groups excluding tert-OH is 3. The topological polar surface area (TPSA) is 103 Å². The van der Waals surface area contributed by atoms with Crippen LogP contribution in [0.1, 0.15) is 30.1 Å². The summed E-state index contributed by atoms with van der Waals surface area (Å²) >= 11 is 0. The average molecular weight is 363 g/mol. The van der Waals surface area contributed by atoms with E-state index in [2.05, 4.69) is 0 Å². The molecule has 1 fully saturated rings. The van der Waals surface area contributed by atoms with E-state index in [1.54, 1.807) is 12.1 Å². The van der Waals surface area contributed by atoms with E-state index < -0.39 is 23.7 Å². The third-order valence-electron chi connectivity index (χ3n) is 6.34. The molecule has 26 heavy (non-hydrogen) atoms. The minimum Gasteiger partial charge on any atom is -0.504 e. The molecule has 4 rings (SSSR count). The van der Waals surface area contributed by atoms with Crippen LogP contribution in [0.3, 0.4) is 0 Å². The number of benzene rings is 1. The van der Waals surface area contributed by atoms with Crippen molar-refractivity contribution in [3.8, 4) is 11.5 Å². The highest BCUT2D eigenvalue weighted by molar-refractivity contribution is 5.63. The Balaban J connectivity index is 2.09. The van der Waals surface area contributed by atoms with Crippen LogP contribution in [0.4, 0.5) is 0 Å². The maximum atomic E-state index is 11.1. The van der Waals surface area contributed by atoms with Gasteiger partial charge in [0.05, 0.1) is 32.5 Å². The highest BCUT2D eigenvalue weighted by atomic mass is 16.5. The summed E-state index contributed by atoms with van der Waals surface area (Å²) in [5.41, 5.74) is 1.23. The molecule has 2 aliphatic carbocycles. The van der Waals surface area contributed by atoms with Gasteiger partial charge in [-0.15, -0.1) is 0 Å². The number of methoxy groups -OCH3 is 2. The normalized spacial score (nSPS) is 36.4. The van der Waals surface area contributed by atoms with Crippen LogP contribution in [-0.2, 0) is 10.2 Å². The van der Waals surface area contributed by atoms with Gasteiger partial charge >= 0.3 is 0 Å². The number of hydrogen-bond acceptors (Lipinski definition) is 7. The number of nitrogens with zero attached hydrogens (tertiary/aromatic N) is 1. The molecule has 0 aromatic heterocycles. The molecule has 5 atom stereocenters. The fourth-order valence-corrected chi connectivity index (χ4v) is 5.20. The standard InChI is InChI=1S/C19H25NO6/c1-20-7-6-19-8-10(21)16(23)18(26-3)13(19)14(20)15(22)9-4-5-11(25-2)17(24)12(9)19/h4-5,10,14-16,21-24H,6-8H2,1-3H3/t10-,14+,15+,16-,19-/m0/s1. The molecular weight excluding hydrogens is 338 g/mol. The Morgan fingerprint density at radius 2 is 1.85 bits per heavy atom. The molecular formula is C19H25NO6. The van der Waals surface area contributed by atoms with Crippen LogP contribution in [-0.4, -0.2) is 71.4 Å². The molecule has 1 aromatic carbocycles. The zero-order valence-electron chi connectivity index (χ0n) is 15.1. The van der Waals surface area contributed by atoms with Crippen molar-refractivity contribution in [1.29, 1.82) is 0 Å². The Kier molecular flexibility index (Phi) is 3.96. The monoisotopic (exact) mass is 363 g/mol. The molecule has 1 aliphatic heterocycles. The first-order valence-corrected chi connectivity index (χ1v) is 8.80. The molecule has 1 aromatic rings. The quantitative estimate of drug-likeness (QED) is 0.604. The summed E-state index contributed by atoms with van der Waals surface area (Å²) in [6.07, 6.45) is -2.18. The highest BCUT2D eigenvalue weighted by Crippen LogP contribution is 2.60. The molecule has 0 saturated carbocycles. The summed E-state index contributed by atoms with van der Waals surface area (Å²) in [5.74, 6) is 0.581. The number of piperidine rings is 1. The number of phenols is 1. The number of aliphatic hydroxyl groups is 3. The molecule has 7 heteroatoms. The Morgan fingerprint density at radius 3 is 2.50 bits per heavy atom. The van der Waals surface area contributed by atoms with Crippen molar-refractivity contribution in [3.63, 3.8) is 0 Å². The average Bonchev–Trinajstić information content (AvgIpc) is 2.62. The lowest BCUT2D eigenvalue weighted by molar-refractivity contribution is -0.0481. The SMILES string of the molecule is COC1=C2[C@@H]3[C@H](O)c4ccc(OC)c(O)c4[C@]2(CCN3C)C[C@H](O)[C@@H]1O. The number of aromatic hydroxyl groups is 1. The second kappa shape index (κ2) is 5.85. The molecule has 0 radical (unpaired) electrons. The van der Waals surface area contributed by atoms with Crippen molar-refractivity contribution in [1.82, 2.24) is 4.90 Å². The van der Waals surface area contributed by atoms with Crippen LogP contribution in [0.5, 0.6) is 11.5 Å². The van der Waals surface area contributed by atoms with Gasteiger partial charge < -0.3 is 29.9 Å². The zero-order chi connectivity index (χ0) is 18.8. The first-order valence-electron chi connectivity index (χ1n) is 8.80. The van der Waals surface area contributed by atoms with Gasteiger partial charge in [0.25, 0.3) is 0 Å². The molecule has 4 N–H and O–H groups in total. The van der Waals surface area contributed by atoms with Gasteiger partial charge in [0.1, 0.15) is 11.9 Å². The van der Waals surface area contributed by atoms with Gasteiger partial charge in [-0.25, -0.2) is 0 Å². The molecule has 1 heterocycles. The van der Waals surface area contributed by atoms with Crippen molar-refractivity contribution in [2.45, 2.75) is 42.6 Å². The second-order valence-electron chi connectivity index (χ2n) is 7.48. The molecule has 7 nitrogen and oxygen atoms in total. The van der Waals surface area contributed by atoms with Crippen molar-refractivity contribution in [2.24, 2.45) is 0 Å². The van der Waals surface area contributed by atoms with Crippen LogP contribution in [0, 0.1) is 0 Å². The third-order valence-corrected chi connectivity index (χ3v) is 6.34. The first kappa shape index (κ1) is 17.6. The smallest absolute Gasteiger partial charge is 0.162 e. The number of hydrogen-bond donors (Lipinski definition) is 4. The van der Waals surface area contributed by atoms with Crippen LogP contribution in [0.25, 0.3) is 0 Å². The van der Waals surface area contributed by atoms with Crippen LogP contribution in [0.15, 0.2) is 23.5 Å². The minimum absolute atomic E-state index is 0.0244. The van der Waals surface area contributed by atoms with E-state index in [4.69, 9.17) is 9.47 Å². The number of phenolic OH excluding ortho intramolecular Hbond substituents is 1. The van der Waals surface area contributed by atoms with Gasteiger partial charge in [0.2, 0.25) is 0 Å². The lowest BCUT2D eigenvalue weighted by Gasteiger charge is -2.57. The first-order chi connectivity index (χ1) is 12.4. The summed E-state index contributed by atoms with van der Waals surface area (Å²) in [6, 6.07) is 3.03. The third kappa shape index (κ3) is 2.02. The van der Waals surface area contributed by atoms with Crippen LogP contribution < -0.4 is 4.74 Å². The van der Waals surface area contributed by atoms with Gasteiger partial charge in [-0.3, -0.25) is 4.90 Å². The Morgan fingerprint density at radius 1 is 1.12 bits per heavy atom. The van der Waals surface area contributed by atoms with Crippen molar-refractivity contribution < 1.29 is 29.9 Å².